The van der Waals surface area contributed by atoms with E-state index in [-0.39, 0.29) is 18.2 Å². The van der Waals surface area contributed by atoms with Crippen LogP contribution in [0.3, 0.4) is 0 Å². The fourth-order valence-corrected chi connectivity index (χ4v) is 4.61. The van der Waals surface area contributed by atoms with Crippen molar-refractivity contribution < 1.29 is 9.59 Å². The maximum atomic E-state index is 12.3. The number of hydrogen-bond acceptors (Lipinski definition) is 5. The van der Waals surface area contributed by atoms with Crippen LogP contribution in [0.15, 0.2) is 35.7 Å². The molecule has 1 aliphatic rings. The quantitative estimate of drug-likeness (QED) is 0.744. The summed E-state index contributed by atoms with van der Waals surface area (Å²) in [5, 5.41) is 7.63. The largest absolute Gasteiger partial charge is 0.351 e. The molecule has 2 heterocycles. The lowest BCUT2D eigenvalue weighted by Crippen LogP contribution is -2.32. The maximum Gasteiger partial charge on any atom is 0.261 e. The molecule has 0 bridgehead atoms. The molecule has 0 atom stereocenters. The van der Waals surface area contributed by atoms with Crippen molar-refractivity contribution in [2.45, 2.75) is 19.9 Å². The van der Waals surface area contributed by atoms with Crippen LogP contribution in [0.4, 0.5) is 5.69 Å². The number of rotatable bonds is 7. The minimum Gasteiger partial charge on any atom is -0.351 e. The van der Waals surface area contributed by atoms with Crippen LogP contribution >= 0.6 is 23.1 Å². The number of anilines is 1. The first-order valence-electron chi connectivity index (χ1n) is 9.13. The lowest BCUT2D eigenvalue weighted by Gasteiger charge is -2.27. The number of thioether (sulfide) groups is 1. The van der Waals surface area contributed by atoms with Crippen molar-refractivity contribution in [1.82, 2.24) is 10.2 Å². The summed E-state index contributed by atoms with van der Waals surface area (Å²) < 4.78 is 0. The molecule has 2 aromatic rings. The zero-order chi connectivity index (χ0) is 19.1. The van der Waals surface area contributed by atoms with Crippen molar-refractivity contribution in [1.29, 1.82) is 0 Å². The third-order valence-corrected chi connectivity index (χ3v) is 6.41. The van der Waals surface area contributed by atoms with E-state index < -0.39 is 0 Å². The Labute approximate surface area is 168 Å². The van der Waals surface area contributed by atoms with Crippen molar-refractivity contribution in [3.05, 3.63) is 51.7 Å². The SMILES string of the molecule is Cc1c(CN2CCSCC2)cccc1NC(=O)CCNC(=O)c1cccs1. The summed E-state index contributed by atoms with van der Waals surface area (Å²) in [6.45, 7) is 5.54. The molecule has 0 saturated carbocycles. The van der Waals surface area contributed by atoms with E-state index in [0.717, 1.165) is 30.9 Å². The average Bonchev–Trinajstić information content (AvgIpc) is 3.21. The van der Waals surface area contributed by atoms with Gasteiger partial charge in [-0.15, -0.1) is 11.3 Å². The summed E-state index contributed by atoms with van der Waals surface area (Å²) in [5.74, 6) is 2.16. The molecule has 144 valence electrons. The molecule has 7 heteroatoms. The second kappa shape index (κ2) is 9.92. The standard InChI is InChI=1S/C20H25N3O2S2/c1-15-16(14-23-9-12-26-13-10-23)4-2-5-17(15)22-19(24)7-8-21-20(25)18-6-3-11-27-18/h2-6,11H,7-10,12-14H2,1H3,(H,21,25)(H,22,24). The van der Waals surface area contributed by atoms with Gasteiger partial charge in [0.15, 0.2) is 0 Å². The third-order valence-electron chi connectivity index (χ3n) is 4.60. The predicted molar refractivity (Wildman–Crippen MR) is 114 cm³/mol. The molecule has 0 aliphatic carbocycles. The highest BCUT2D eigenvalue weighted by molar-refractivity contribution is 7.99. The van der Waals surface area contributed by atoms with Crippen LogP contribution in [0.5, 0.6) is 0 Å². The van der Waals surface area contributed by atoms with Crippen molar-refractivity contribution in [2.75, 3.05) is 36.5 Å². The molecular formula is C20H25N3O2S2. The topological polar surface area (TPSA) is 61.4 Å². The molecule has 1 saturated heterocycles. The Kier molecular flexibility index (Phi) is 7.32. The molecule has 1 fully saturated rings. The van der Waals surface area contributed by atoms with Gasteiger partial charge < -0.3 is 10.6 Å². The first-order chi connectivity index (χ1) is 13.1. The predicted octanol–water partition coefficient (Wildman–Crippen LogP) is 3.36. The fraction of sp³-hybridized carbons (Fsp3) is 0.400. The molecule has 0 radical (unpaired) electrons. The van der Waals surface area contributed by atoms with Crippen molar-refractivity contribution >= 4 is 40.6 Å². The molecule has 27 heavy (non-hydrogen) atoms. The normalized spacial score (nSPS) is 14.7. The van der Waals surface area contributed by atoms with Crippen molar-refractivity contribution in [3.8, 4) is 0 Å². The molecule has 2 amide bonds. The van der Waals surface area contributed by atoms with Crippen LogP contribution in [0.25, 0.3) is 0 Å². The molecule has 1 aliphatic heterocycles. The molecule has 0 unspecified atom stereocenters. The van der Waals surface area contributed by atoms with Gasteiger partial charge in [0.1, 0.15) is 0 Å². The lowest BCUT2D eigenvalue weighted by atomic mass is 10.1. The second-order valence-electron chi connectivity index (χ2n) is 6.51. The van der Waals surface area contributed by atoms with Crippen LogP contribution in [-0.4, -0.2) is 47.9 Å². The molecule has 3 rings (SSSR count). The van der Waals surface area contributed by atoms with Gasteiger partial charge in [-0.1, -0.05) is 18.2 Å². The van der Waals surface area contributed by atoms with E-state index in [1.165, 1.54) is 28.4 Å². The zero-order valence-electron chi connectivity index (χ0n) is 15.5. The first-order valence-corrected chi connectivity index (χ1v) is 11.2. The summed E-state index contributed by atoms with van der Waals surface area (Å²) in [4.78, 5) is 27.3. The fourth-order valence-electron chi connectivity index (χ4n) is 2.99. The van der Waals surface area contributed by atoms with E-state index in [4.69, 9.17) is 0 Å². The molecule has 0 spiro atoms. The summed E-state index contributed by atoms with van der Waals surface area (Å²) in [5.41, 5.74) is 3.23. The monoisotopic (exact) mass is 403 g/mol. The van der Waals surface area contributed by atoms with Gasteiger partial charge in [-0.2, -0.15) is 11.8 Å². The van der Waals surface area contributed by atoms with Crippen LogP contribution in [0.1, 0.15) is 27.2 Å². The average molecular weight is 404 g/mol. The Balaban J connectivity index is 1.49. The number of carbonyl (C=O) groups is 2. The van der Waals surface area contributed by atoms with Gasteiger partial charge in [-0.25, -0.2) is 0 Å². The summed E-state index contributed by atoms with van der Waals surface area (Å²) in [7, 11) is 0. The second-order valence-corrected chi connectivity index (χ2v) is 8.68. The van der Waals surface area contributed by atoms with Crippen molar-refractivity contribution in [3.63, 3.8) is 0 Å². The Morgan fingerprint density at radius 2 is 1.96 bits per heavy atom. The van der Waals surface area contributed by atoms with E-state index >= 15 is 0 Å². The minimum absolute atomic E-state index is 0.0869. The van der Waals surface area contributed by atoms with Gasteiger partial charge in [-0.3, -0.25) is 14.5 Å². The van der Waals surface area contributed by atoms with Crippen molar-refractivity contribution in [2.24, 2.45) is 0 Å². The summed E-state index contributed by atoms with van der Waals surface area (Å²) in [6.07, 6.45) is 0.254. The Hall–Kier alpha value is -1.83. The Morgan fingerprint density at radius 1 is 1.15 bits per heavy atom. The third kappa shape index (κ3) is 5.82. The van der Waals surface area contributed by atoms with Crippen LogP contribution in [0.2, 0.25) is 0 Å². The zero-order valence-corrected chi connectivity index (χ0v) is 17.1. The highest BCUT2D eigenvalue weighted by Gasteiger charge is 2.14. The lowest BCUT2D eigenvalue weighted by molar-refractivity contribution is -0.116. The number of nitrogens with one attached hydrogen (secondary N) is 2. The number of benzene rings is 1. The number of thiophene rings is 1. The summed E-state index contributed by atoms with van der Waals surface area (Å²) in [6, 6.07) is 9.68. The molecule has 1 aromatic heterocycles. The molecule has 2 N–H and O–H groups in total. The maximum absolute atomic E-state index is 12.3. The number of amides is 2. The van der Waals surface area contributed by atoms with Gasteiger partial charge in [0.2, 0.25) is 5.91 Å². The minimum atomic E-state index is -0.129. The van der Waals surface area contributed by atoms with E-state index in [0.29, 0.717) is 11.4 Å². The molecule has 5 nitrogen and oxygen atoms in total. The number of hydrogen-bond donors (Lipinski definition) is 2. The number of carbonyl (C=O) groups excluding carboxylic acids is 2. The van der Waals surface area contributed by atoms with E-state index in [2.05, 4.69) is 28.5 Å². The highest BCUT2D eigenvalue weighted by atomic mass is 32.2. The number of nitrogens with zero attached hydrogens (tertiary/aromatic N) is 1. The van der Waals surface area contributed by atoms with Gasteiger partial charge in [-0.05, 0) is 35.6 Å². The van der Waals surface area contributed by atoms with Gasteiger partial charge in [0.25, 0.3) is 5.91 Å². The van der Waals surface area contributed by atoms with E-state index in [1.807, 2.05) is 35.3 Å². The Bertz CT molecular complexity index is 772. The van der Waals surface area contributed by atoms with Crippen LogP contribution in [0, 0.1) is 6.92 Å². The van der Waals surface area contributed by atoms with Gasteiger partial charge in [0, 0.05) is 49.8 Å². The molecular weight excluding hydrogens is 378 g/mol. The van der Waals surface area contributed by atoms with Crippen LogP contribution < -0.4 is 10.6 Å². The smallest absolute Gasteiger partial charge is 0.261 e. The van der Waals surface area contributed by atoms with E-state index in [9.17, 15) is 9.59 Å². The highest BCUT2D eigenvalue weighted by Crippen LogP contribution is 2.22. The van der Waals surface area contributed by atoms with Crippen LogP contribution in [-0.2, 0) is 11.3 Å². The first kappa shape index (κ1) is 19.9. The van der Waals surface area contributed by atoms with E-state index in [1.54, 1.807) is 6.07 Å². The summed E-state index contributed by atoms with van der Waals surface area (Å²) >= 11 is 3.40. The van der Waals surface area contributed by atoms with Gasteiger partial charge in [0.05, 0.1) is 4.88 Å². The van der Waals surface area contributed by atoms with Gasteiger partial charge >= 0.3 is 0 Å². The molecule has 1 aromatic carbocycles. The Morgan fingerprint density at radius 3 is 2.70 bits per heavy atom.